The van der Waals surface area contributed by atoms with E-state index in [1.807, 2.05) is 38.1 Å². The van der Waals surface area contributed by atoms with E-state index >= 15 is 0 Å². The van der Waals surface area contributed by atoms with Crippen molar-refractivity contribution < 1.29 is 24.2 Å². The van der Waals surface area contributed by atoms with Crippen LogP contribution in [0.15, 0.2) is 48.5 Å². The first kappa shape index (κ1) is 24.8. The number of fused-ring (bicyclic) bond motifs is 3. The summed E-state index contributed by atoms with van der Waals surface area (Å²) in [6.07, 6.45) is 2.03. The van der Waals surface area contributed by atoms with Gasteiger partial charge in [-0.1, -0.05) is 62.4 Å². The third-order valence-electron chi connectivity index (χ3n) is 7.20. The molecular formula is C28H34N2O5. The van der Waals surface area contributed by atoms with E-state index in [9.17, 15) is 19.5 Å². The molecule has 186 valence electrons. The lowest BCUT2D eigenvalue weighted by atomic mass is 9.96. The lowest BCUT2D eigenvalue weighted by molar-refractivity contribution is -0.142. The normalized spacial score (nSPS) is 18.0. The first-order chi connectivity index (χ1) is 16.8. The Hall–Kier alpha value is -3.35. The van der Waals surface area contributed by atoms with Gasteiger partial charge in [0, 0.05) is 31.0 Å². The van der Waals surface area contributed by atoms with Crippen molar-refractivity contribution in [2.24, 2.45) is 5.92 Å². The molecule has 0 aromatic heterocycles. The number of likely N-dealkylation sites (tertiary alicyclic amines) is 1. The van der Waals surface area contributed by atoms with Crippen molar-refractivity contribution in [1.82, 2.24) is 10.2 Å². The van der Waals surface area contributed by atoms with Crippen LogP contribution in [0.2, 0.25) is 0 Å². The van der Waals surface area contributed by atoms with Gasteiger partial charge in [-0.15, -0.1) is 0 Å². The number of carboxylic acid groups (broad SMARTS) is 1. The van der Waals surface area contributed by atoms with Crippen molar-refractivity contribution in [3.05, 3.63) is 59.7 Å². The molecule has 7 heteroatoms. The molecule has 2 aromatic rings. The van der Waals surface area contributed by atoms with Crippen LogP contribution in [0.4, 0.5) is 4.79 Å². The molecule has 0 radical (unpaired) electrons. The van der Waals surface area contributed by atoms with Crippen LogP contribution in [0.5, 0.6) is 0 Å². The van der Waals surface area contributed by atoms with Crippen LogP contribution < -0.4 is 5.32 Å². The zero-order valence-electron chi connectivity index (χ0n) is 20.4. The second kappa shape index (κ2) is 10.9. The summed E-state index contributed by atoms with van der Waals surface area (Å²) in [6, 6.07) is 15.7. The predicted molar refractivity (Wildman–Crippen MR) is 133 cm³/mol. The first-order valence-corrected chi connectivity index (χ1v) is 12.5. The highest BCUT2D eigenvalue weighted by molar-refractivity contribution is 5.80. The Balaban J connectivity index is 1.37. The summed E-state index contributed by atoms with van der Waals surface area (Å²) in [6.45, 7) is 4.68. The number of hydrogen-bond donors (Lipinski definition) is 2. The van der Waals surface area contributed by atoms with Gasteiger partial charge in [0.05, 0.1) is 6.42 Å². The van der Waals surface area contributed by atoms with Gasteiger partial charge >= 0.3 is 12.1 Å². The summed E-state index contributed by atoms with van der Waals surface area (Å²) >= 11 is 0. The molecule has 1 fully saturated rings. The molecule has 1 aliphatic carbocycles. The molecule has 0 spiro atoms. The number of rotatable bonds is 8. The maximum atomic E-state index is 13.1. The van der Waals surface area contributed by atoms with Gasteiger partial charge in [0.2, 0.25) is 5.91 Å². The molecule has 2 aromatic carbocycles. The minimum atomic E-state index is -0.896. The van der Waals surface area contributed by atoms with Crippen LogP contribution in [0.25, 0.3) is 11.1 Å². The topological polar surface area (TPSA) is 95.9 Å². The molecule has 2 N–H and O–H groups in total. The van der Waals surface area contributed by atoms with Gasteiger partial charge in [0.1, 0.15) is 6.61 Å². The Kier molecular flexibility index (Phi) is 7.73. The number of carbonyl (C=O) groups excluding carboxylic acids is 2. The van der Waals surface area contributed by atoms with Gasteiger partial charge in [-0.2, -0.15) is 0 Å². The summed E-state index contributed by atoms with van der Waals surface area (Å²) in [7, 11) is 0. The van der Waals surface area contributed by atoms with Gasteiger partial charge < -0.3 is 20.1 Å². The molecule has 1 aliphatic heterocycles. The molecule has 2 aliphatic rings. The fourth-order valence-corrected chi connectivity index (χ4v) is 5.29. The van der Waals surface area contributed by atoms with E-state index in [2.05, 4.69) is 29.6 Å². The molecule has 2 atom stereocenters. The summed E-state index contributed by atoms with van der Waals surface area (Å²) in [5.74, 6) is -1.03. The second-order valence-electron chi connectivity index (χ2n) is 9.86. The number of nitrogens with one attached hydrogen (secondary N) is 1. The van der Waals surface area contributed by atoms with Crippen molar-refractivity contribution in [3.63, 3.8) is 0 Å². The number of alkyl carbamates (subject to hydrolysis) is 1. The Morgan fingerprint density at radius 3 is 2.26 bits per heavy atom. The van der Waals surface area contributed by atoms with Crippen LogP contribution in [0, 0.1) is 5.92 Å². The zero-order valence-corrected chi connectivity index (χ0v) is 20.4. The number of hydrogen-bond acceptors (Lipinski definition) is 4. The smallest absolute Gasteiger partial charge is 0.407 e. The fourth-order valence-electron chi connectivity index (χ4n) is 5.29. The van der Waals surface area contributed by atoms with Gasteiger partial charge in [0.25, 0.3) is 0 Å². The van der Waals surface area contributed by atoms with E-state index in [1.165, 1.54) is 11.1 Å². The molecule has 35 heavy (non-hydrogen) atoms. The fraction of sp³-hybridized carbons (Fsp3) is 0.464. The summed E-state index contributed by atoms with van der Waals surface area (Å²) in [5.41, 5.74) is 4.62. The lowest BCUT2D eigenvalue weighted by Crippen LogP contribution is -2.48. The molecule has 1 saturated heterocycles. The van der Waals surface area contributed by atoms with Gasteiger partial charge in [-0.05, 0) is 47.4 Å². The average Bonchev–Trinajstić information content (AvgIpc) is 3.16. The Bertz CT molecular complexity index is 1040. The number of ether oxygens (including phenoxy) is 1. The molecule has 1 unspecified atom stereocenters. The highest BCUT2D eigenvalue weighted by Crippen LogP contribution is 2.44. The Morgan fingerprint density at radius 1 is 1.03 bits per heavy atom. The van der Waals surface area contributed by atoms with E-state index in [0.717, 1.165) is 24.0 Å². The summed E-state index contributed by atoms with van der Waals surface area (Å²) in [5, 5.41) is 12.1. The number of carboxylic acids is 1. The van der Waals surface area contributed by atoms with Crippen LogP contribution in [-0.2, 0) is 14.3 Å². The van der Waals surface area contributed by atoms with Gasteiger partial charge in [0.15, 0.2) is 0 Å². The zero-order chi connectivity index (χ0) is 24.9. The first-order valence-electron chi connectivity index (χ1n) is 12.5. The minimum Gasteiger partial charge on any atom is -0.481 e. The van der Waals surface area contributed by atoms with Crippen molar-refractivity contribution in [1.29, 1.82) is 0 Å². The summed E-state index contributed by atoms with van der Waals surface area (Å²) in [4.78, 5) is 38.8. The van der Waals surface area contributed by atoms with Crippen molar-refractivity contribution in [2.75, 3.05) is 13.2 Å². The minimum absolute atomic E-state index is 0.0159. The van der Waals surface area contributed by atoms with Crippen LogP contribution in [-0.4, -0.2) is 53.2 Å². The standard InChI is InChI=1S/C28H34N2O5/c1-18(2)25(16-26(31)30-14-8-7-9-19(30)15-27(32)33)29-28(34)35-17-24-22-12-5-3-10-20(22)21-11-4-6-13-23(21)24/h3-6,10-13,18-19,24-25H,7-9,14-17H2,1-2H3,(H,29,34)(H,32,33)/t19-,25?/m1/s1. The van der Waals surface area contributed by atoms with E-state index in [1.54, 1.807) is 4.90 Å². The highest BCUT2D eigenvalue weighted by Gasteiger charge is 2.32. The quantitative estimate of drug-likeness (QED) is 0.568. The van der Waals surface area contributed by atoms with Gasteiger partial charge in [-0.25, -0.2) is 4.79 Å². The largest absolute Gasteiger partial charge is 0.481 e. The van der Waals surface area contributed by atoms with Gasteiger partial charge in [-0.3, -0.25) is 9.59 Å². The number of benzene rings is 2. The molecule has 7 nitrogen and oxygen atoms in total. The van der Waals surface area contributed by atoms with E-state index in [-0.39, 0.29) is 43.2 Å². The van der Waals surface area contributed by atoms with Crippen LogP contribution in [0.3, 0.4) is 0 Å². The number of nitrogens with zero attached hydrogens (tertiary/aromatic N) is 1. The molecular weight excluding hydrogens is 444 g/mol. The van der Waals surface area contributed by atoms with Crippen LogP contribution >= 0.6 is 0 Å². The summed E-state index contributed by atoms with van der Waals surface area (Å²) < 4.78 is 5.67. The second-order valence-corrected chi connectivity index (χ2v) is 9.86. The van der Waals surface area contributed by atoms with E-state index < -0.39 is 18.1 Å². The predicted octanol–water partition coefficient (Wildman–Crippen LogP) is 4.80. The monoisotopic (exact) mass is 478 g/mol. The average molecular weight is 479 g/mol. The SMILES string of the molecule is CC(C)C(CC(=O)N1CCCC[C@@H]1CC(=O)O)NC(=O)OCC1c2ccccc2-c2ccccc21. The van der Waals surface area contributed by atoms with Crippen molar-refractivity contribution in [2.45, 2.75) is 64.0 Å². The highest BCUT2D eigenvalue weighted by atomic mass is 16.5. The van der Waals surface area contributed by atoms with E-state index in [0.29, 0.717) is 13.0 Å². The van der Waals surface area contributed by atoms with E-state index in [4.69, 9.17) is 4.74 Å². The molecule has 0 bridgehead atoms. The number of carbonyl (C=O) groups is 3. The maximum Gasteiger partial charge on any atom is 0.407 e. The maximum absolute atomic E-state index is 13.1. The number of piperidine rings is 1. The van der Waals surface area contributed by atoms with Crippen molar-refractivity contribution >= 4 is 18.0 Å². The molecule has 4 rings (SSSR count). The molecule has 1 heterocycles. The van der Waals surface area contributed by atoms with Crippen LogP contribution in [0.1, 0.15) is 63.0 Å². The number of amides is 2. The third kappa shape index (κ3) is 5.66. The Labute approximate surface area is 206 Å². The molecule has 0 saturated carbocycles. The molecule has 2 amide bonds. The number of aliphatic carboxylic acids is 1. The lowest BCUT2D eigenvalue weighted by Gasteiger charge is -2.36. The van der Waals surface area contributed by atoms with Crippen molar-refractivity contribution in [3.8, 4) is 11.1 Å². The third-order valence-corrected chi connectivity index (χ3v) is 7.20. The Morgan fingerprint density at radius 2 is 1.66 bits per heavy atom.